The second kappa shape index (κ2) is 6.52. The highest BCUT2D eigenvalue weighted by atomic mass is 19.4. The van der Waals surface area contributed by atoms with Gasteiger partial charge in [-0.1, -0.05) is 25.1 Å². The number of fused-ring (bicyclic) bond motifs is 1. The van der Waals surface area contributed by atoms with Crippen molar-refractivity contribution in [3.63, 3.8) is 0 Å². The van der Waals surface area contributed by atoms with Crippen LogP contribution in [0.1, 0.15) is 44.1 Å². The van der Waals surface area contributed by atoms with Crippen LogP contribution in [0.2, 0.25) is 0 Å². The Morgan fingerprint density at radius 3 is 2.62 bits per heavy atom. The maximum atomic E-state index is 12.1. The molecule has 0 fully saturated rings. The number of alkyl halides is 3. The van der Waals surface area contributed by atoms with Crippen molar-refractivity contribution in [2.24, 2.45) is 0 Å². The molecule has 2 aromatic rings. The molecule has 0 radical (unpaired) electrons. The maximum absolute atomic E-state index is 12.1. The fraction of sp³-hybridized carbons (Fsp3) is 0.500. The van der Waals surface area contributed by atoms with Crippen molar-refractivity contribution < 1.29 is 17.6 Å². The zero-order chi connectivity index (χ0) is 15.5. The average molecular weight is 299 g/mol. The maximum Gasteiger partial charge on any atom is 0.389 e. The Labute approximate surface area is 122 Å². The quantitative estimate of drug-likeness (QED) is 0.760. The summed E-state index contributed by atoms with van der Waals surface area (Å²) < 4.78 is 42.2. The molecule has 5 heteroatoms. The van der Waals surface area contributed by atoms with E-state index < -0.39 is 12.6 Å². The van der Waals surface area contributed by atoms with E-state index in [9.17, 15) is 13.2 Å². The zero-order valence-corrected chi connectivity index (χ0v) is 12.3. The minimum Gasteiger partial charge on any atom is -0.459 e. The third-order valence-corrected chi connectivity index (χ3v) is 3.56. The van der Waals surface area contributed by atoms with Crippen molar-refractivity contribution in [2.75, 3.05) is 6.54 Å². The molecule has 0 amide bonds. The molecule has 0 aliphatic carbocycles. The van der Waals surface area contributed by atoms with E-state index in [1.807, 2.05) is 31.2 Å². The molecule has 2 rings (SSSR count). The molecular weight excluding hydrogens is 279 g/mol. The van der Waals surface area contributed by atoms with E-state index in [4.69, 9.17) is 4.42 Å². The van der Waals surface area contributed by atoms with Crippen molar-refractivity contribution >= 4 is 11.0 Å². The summed E-state index contributed by atoms with van der Waals surface area (Å²) >= 11 is 0. The number of furan rings is 1. The summed E-state index contributed by atoms with van der Waals surface area (Å²) in [5, 5.41) is 4.20. The Bertz CT molecular complexity index is 589. The van der Waals surface area contributed by atoms with E-state index in [0.717, 1.165) is 28.7 Å². The summed E-state index contributed by atoms with van der Waals surface area (Å²) in [4.78, 5) is 0. The first-order valence-electron chi connectivity index (χ1n) is 7.23. The lowest BCUT2D eigenvalue weighted by molar-refractivity contribution is -0.135. The Balaban J connectivity index is 2.04. The van der Waals surface area contributed by atoms with E-state index in [0.29, 0.717) is 6.54 Å². The van der Waals surface area contributed by atoms with Crippen LogP contribution in [0.5, 0.6) is 0 Å². The van der Waals surface area contributed by atoms with Gasteiger partial charge in [-0.15, -0.1) is 0 Å². The number of hydrogen-bond acceptors (Lipinski definition) is 2. The number of nitrogens with one attached hydrogen (secondary N) is 1. The number of hydrogen-bond donors (Lipinski definition) is 1. The van der Waals surface area contributed by atoms with Crippen LogP contribution in [-0.2, 0) is 6.42 Å². The van der Waals surface area contributed by atoms with Crippen LogP contribution in [0, 0.1) is 0 Å². The largest absolute Gasteiger partial charge is 0.459 e. The first-order valence-corrected chi connectivity index (χ1v) is 7.23. The van der Waals surface area contributed by atoms with Crippen molar-refractivity contribution in [2.45, 2.75) is 45.3 Å². The molecule has 1 aromatic heterocycles. The van der Waals surface area contributed by atoms with Gasteiger partial charge in [0, 0.05) is 17.4 Å². The predicted octanol–water partition coefficient (Wildman–Crippen LogP) is 4.99. The van der Waals surface area contributed by atoms with Gasteiger partial charge in [0.15, 0.2) is 0 Å². The Hall–Kier alpha value is -1.49. The monoisotopic (exact) mass is 299 g/mol. The van der Waals surface area contributed by atoms with Gasteiger partial charge in [-0.3, -0.25) is 0 Å². The lowest BCUT2D eigenvalue weighted by Gasteiger charge is -2.13. The van der Waals surface area contributed by atoms with Gasteiger partial charge in [0.1, 0.15) is 11.3 Å². The molecule has 0 bridgehead atoms. The van der Waals surface area contributed by atoms with Gasteiger partial charge in [-0.05, 0) is 32.4 Å². The van der Waals surface area contributed by atoms with E-state index in [1.165, 1.54) is 0 Å². The second-order valence-corrected chi connectivity index (χ2v) is 5.19. The molecule has 0 saturated heterocycles. The van der Waals surface area contributed by atoms with Crippen LogP contribution in [0.25, 0.3) is 11.0 Å². The molecule has 0 saturated carbocycles. The van der Waals surface area contributed by atoms with Crippen LogP contribution >= 0.6 is 0 Å². The Morgan fingerprint density at radius 2 is 1.95 bits per heavy atom. The third-order valence-electron chi connectivity index (χ3n) is 3.56. The fourth-order valence-corrected chi connectivity index (χ4v) is 2.53. The SMILES string of the molecule is CCc1c(C(C)NCCCC(F)(F)F)oc2ccccc12. The zero-order valence-electron chi connectivity index (χ0n) is 12.3. The highest BCUT2D eigenvalue weighted by molar-refractivity contribution is 5.82. The summed E-state index contributed by atoms with van der Waals surface area (Å²) in [5.41, 5.74) is 1.95. The summed E-state index contributed by atoms with van der Waals surface area (Å²) in [6, 6.07) is 7.70. The molecular formula is C16H20F3NO. The molecule has 116 valence electrons. The van der Waals surface area contributed by atoms with Crippen LogP contribution in [0.15, 0.2) is 28.7 Å². The second-order valence-electron chi connectivity index (χ2n) is 5.19. The fourth-order valence-electron chi connectivity index (χ4n) is 2.53. The highest BCUT2D eigenvalue weighted by Crippen LogP contribution is 2.30. The van der Waals surface area contributed by atoms with Crippen molar-refractivity contribution in [3.8, 4) is 0 Å². The van der Waals surface area contributed by atoms with E-state index in [2.05, 4.69) is 12.2 Å². The van der Waals surface area contributed by atoms with Crippen LogP contribution in [0.3, 0.4) is 0 Å². The Morgan fingerprint density at radius 1 is 1.24 bits per heavy atom. The van der Waals surface area contributed by atoms with Gasteiger partial charge in [0.2, 0.25) is 0 Å². The van der Waals surface area contributed by atoms with Crippen molar-refractivity contribution in [1.82, 2.24) is 5.32 Å². The topological polar surface area (TPSA) is 25.2 Å². The number of rotatable bonds is 6. The van der Waals surface area contributed by atoms with Gasteiger partial charge < -0.3 is 9.73 Å². The molecule has 0 aliphatic heterocycles. The number of para-hydroxylation sites is 1. The average Bonchev–Trinajstić information content (AvgIpc) is 2.81. The minimum absolute atomic E-state index is 0.0789. The van der Waals surface area contributed by atoms with Gasteiger partial charge in [-0.25, -0.2) is 0 Å². The molecule has 1 unspecified atom stereocenters. The number of halogens is 3. The molecule has 2 nitrogen and oxygen atoms in total. The third kappa shape index (κ3) is 4.00. The van der Waals surface area contributed by atoms with E-state index in [-0.39, 0.29) is 12.5 Å². The molecule has 1 aromatic carbocycles. The highest BCUT2D eigenvalue weighted by Gasteiger charge is 2.26. The van der Waals surface area contributed by atoms with Gasteiger partial charge in [0.25, 0.3) is 0 Å². The normalized spacial score (nSPS) is 13.8. The standard InChI is InChI=1S/C16H20F3NO/c1-3-12-13-7-4-5-8-14(13)21-15(12)11(2)20-10-6-9-16(17,18)19/h4-5,7-8,11,20H,3,6,9-10H2,1-2H3. The van der Waals surface area contributed by atoms with Crippen molar-refractivity contribution in [1.29, 1.82) is 0 Å². The summed E-state index contributed by atoms with van der Waals surface area (Å²) in [5.74, 6) is 0.825. The van der Waals surface area contributed by atoms with E-state index >= 15 is 0 Å². The number of aryl methyl sites for hydroxylation is 1. The molecule has 1 heterocycles. The molecule has 1 atom stereocenters. The van der Waals surface area contributed by atoms with Crippen LogP contribution in [0.4, 0.5) is 13.2 Å². The van der Waals surface area contributed by atoms with Crippen LogP contribution in [-0.4, -0.2) is 12.7 Å². The summed E-state index contributed by atoms with van der Waals surface area (Å²) in [6.45, 7) is 4.29. The smallest absolute Gasteiger partial charge is 0.389 e. The summed E-state index contributed by atoms with van der Waals surface area (Å²) in [6.07, 6.45) is -3.93. The first kappa shape index (κ1) is 15.9. The summed E-state index contributed by atoms with van der Waals surface area (Å²) in [7, 11) is 0. The van der Waals surface area contributed by atoms with Gasteiger partial charge >= 0.3 is 6.18 Å². The minimum atomic E-state index is -4.08. The van der Waals surface area contributed by atoms with E-state index in [1.54, 1.807) is 0 Å². The predicted molar refractivity (Wildman–Crippen MR) is 77.3 cm³/mol. The van der Waals surface area contributed by atoms with Crippen molar-refractivity contribution in [3.05, 3.63) is 35.6 Å². The lowest BCUT2D eigenvalue weighted by atomic mass is 10.0. The Kier molecular flexibility index (Phi) is 4.93. The molecule has 0 aliphatic rings. The van der Waals surface area contributed by atoms with Gasteiger partial charge in [-0.2, -0.15) is 13.2 Å². The molecule has 21 heavy (non-hydrogen) atoms. The first-order chi connectivity index (χ1) is 9.92. The lowest BCUT2D eigenvalue weighted by Crippen LogP contribution is -2.22. The van der Waals surface area contributed by atoms with Gasteiger partial charge in [0.05, 0.1) is 6.04 Å². The molecule has 0 spiro atoms. The van der Waals surface area contributed by atoms with Crippen LogP contribution < -0.4 is 5.32 Å². The molecule has 1 N–H and O–H groups in total. The number of benzene rings is 1.